The van der Waals surface area contributed by atoms with E-state index in [4.69, 9.17) is 0 Å². The SMILES string of the molecule is Cc1ccc(C(=O)CCCN2CCC(n3c(=O)[nH]c4cc(F)ccc43)CC2)cc1. The monoisotopic (exact) mass is 395 g/mol. The van der Waals surface area contributed by atoms with Crippen LogP contribution in [0.25, 0.3) is 11.0 Å². The molecular weight excluding hydrogens is 369 g/mol. The van der Waals surface area contributed by atoms with Gasteiger partial charge in [0, 0.05) is 31.1 Å². The Bertz CT molecular complexity index is 1060. The number of carbonyl (C=O) groups is 1. The summed E-state index contributed by atoms with van der Waals surface area (Å²) in [6.45, 7) is 4.69. The van der Waals surface area contributed by atoms with E-state index in [1.807, 2.05) is 31.2 Å². The fourth-order valence-electron chi connectivity index (χ4n) is 4.21. The number of aryl methyl sites for hydroxylation is 1. The van der Waals surface area contributed by atoms with Gasteiger partial charge in [-0.25, -0.2) is 9.18 Å². The zero-order chi connectivity index (χ0) is 20.4. The molecule has 0 amide bonds. The van der Waals surface area contributed by atoms with Crippen molar-refractivity contribution in [3.8, 4) is 0 Å². The van der Waals surface area contributed by atoms with Crippen molar-refractivity contribution in [3.05, 3.63) is 69.9 Å². The number of carbonyl (C=O) groups excluding carboxylic acids is 1. The number of nitrogens with zero attached hydrogens (tertiary/aromatic N) is 2. The van der Waals surface area contributed by atoms with Gasteiger partial charge in [-0.1, -0.05) is 29.8 Å². The zero-order valence-electron chi connectivity index (χ0n) is 16.7. The van der Waals surface area contributed by atoms with Crippen LogP contribution < -0.4 is 5.69 Å². The minimum Gasteiger partial charge on any atom is -0.305 e. The van der Waals surface area contributed by atoms with Gasteiger partial charge in [0.25, 0.3) is 0 Å². The van der Waals surface area contributed by atoms with Crippen LogP contribution >= 0.6 is 0 Å². The zero-order valence-corrected chi connectivity index (χ0v) is 16.7. The molecule has 0 bridgehead atoms. The third-order valence-corrected chi connectivity index (χ3v) is 5.85. The number of hydrogen-bond donors (Lipinski definition) is 1. The summed E-state index contributed by atoms with van der Waals surface area (Å²) in [6.07, 6.45) is 3.13. The smallest absolute Gasteiger partial charge is 0.305 e. The fraction of sp³-hybridized carbons (Fsp3) is 0.391. The number of H-pyrrole nitrogens is 1. The summed E-state index contributed by atoms with van der Waals surface area (Å²) in [5, 5.41) is 0. The average Bonchev–Trinajstić information content (AvgIpc) is 3.03. The van der Waals surface area contributed by atoms with Crippen molar-refractivity contribution in [1.82, 2.24) is 14.5 Å². The van der Waals surface area contributed by atoms with Gasteiger partial charge in [-0.2, -0.15) is 0 Å². The second-order valence-electron chi connectivity index (χ2n) is 7.93. The summed E-state index contributed by atoms with van der Waals surface area (Å²) in [7, 11) is 0. The number of piperidine rings is 1. The number of Topliss-reactive ketones (excluding diaryl/α,β-unsaturated/α-hetero) is 1. The molecule has 0 aliphatic carbocycles. The molecule has 2 heterocycles. The Morgan fingerprint density at radius 2 is 1.86 bits per heavy atom. The first kappa shape index (κ1) is 19.6. The second kappa shape index (κ2) is 8.33. The molecule has 3 aromatic rings. The molecule has 2 aromatic carbocycles. The summed E-state index contributed by atoms with van der Waals surface area (Å²) >= 11 is 0. The maximum Gasteiger partial charge on any atom is 0.326 e. The molecule has 6 heteroatoms. The van der Waals surface area contributed by atoms with Crippen LogP contribution in [-0.4, -0.2) is 39.9 Å². The van der Waals surface area contributed by atoms with Crippen molar-refractivity contribution in [2.75, 3.05) is 19.6 Å². The quantitative estimate of drug-likeness (QED) is 0.640. The molecule has 4 rings (SSSR count). The molecule has 1 N–H and O–H groups in total. The van der Waals surface area contributed by atoms with Gasteiger partial charge < -0.3 is 9.88 Å². The molecule has 1 aliphatic rings. The van der Waals surface area contributed by atoms with Gasteiger partial charge in [0.15, 0.2) is 5.78 Å². The van der Waals surface area contributed by atoms with E-state index in [0.29, 0.717) is 11.9 Å². The molecule has 0 spiro atoms. The first-order chi connectivity index (χ1) is 14.0. The van der Waals surface area contributed by atoms with Gasteiger partial charge in [0.05, 0.1) is 11.0 Å². The lowest BCUT2D eigenvalue weighted by atomic mass is 10.0. The van der Waals surface area contributed by atoms with Crippen LogP contribution in [0.5, 0.6) is 0 Å². The minimum atomic E-state index is -0.346. The highest BCUT2D eigenvalue weighted by Crippen LogP contribution is 2.25. The molecular formula is C23H26FN3O2. The lowest BCUT2D eigenvalue weighted by Gasteiger charge is -2.32. The number of aromatic amines is 1. The Labute approximate surface area is 169 Å². The van der Waals surface area contributed by atoms with Crippen molar-refractivity contribution in [2.24, 2.45) is 0 Å². The lowest BCUT2D eigenvalue weighted by molar-refractivity contribution is 0.0970. The van der Waals surface area contributed by atoms with E-state index in [1.165, 1.54) is 12.1 Å². The Hall–Kier alpha value is -2.73. The van der Waals surface area contributed by atoms with Crippen LogP contribution in [0.2, 0.25) is 0 Å². The standard InChI is InChI=1S/C23H26FN3O2/c1-16-4-6-17(7-5-16)22(28)3-2-12-26-13-10-19(11-14-26)27-21-9-8-18(24)15-20(21)25-23(27)29/h4-9,15,19H,2-3,10-14H2,1H3,(H,25,29). The molecule has 152 valence electrons. The van der Waals surface area contributed by atoms with Gasteiger partial charge in [0.1, 0.15) is 5.82 Å². The third kappa shape index (κ3) is 4.32. The van der Waals surface area contributed by atoms with Crippen molar-refractivity contribution in [3.63, 3.8) is 0 Å². The number of halogens is 1. The van der Waals surface area contributed by atoms with E-state index in [2.05, 4.69) is 9.88 Å². The van der Waals surface area contributed by atoms with Crippen LogP contribution in [0.1, 0.15) is 47.6 Å². The summed E-state index contributed by atoms with van der Waals surface area (Å²) in [5.74, 6) is -0.154. The van der Waals surface area contributed by atoms with Gasteiger partial charge in [0.2, 0.25) is 0 Å². The number of imidazole rings is 1. The first-order valence-corrected chi connectivity index (χ1v) is 10.2. The molecule has 0 radical (unpaired) electrons. The number of fused-ring (bicyclic) bond motifs is 1. The van der Waals surface area contributed by atoms with Crippen LogP contribution in [0.4, 0.5) is 4.39 Å². The Morgan fingerprint density at radius 3 is 2.59 bits per heavy atom. The highest BCUT2D eigenvalue weighted by molar-refractivity contribution is 5.96. The Morgan fingerprint density at radius 1 is 1.14 bits per heavy atom. The Balaban J connectivity index is 1.30. The van der Waals surface area contributed by atoms with Crippen molar-refractivity contribution in [1.29, 1.82) is 0 Å². The minimum absolute atomic E-state index is 0.118. The van der Waals surface area contributed by atoms with Gasteiger partial charge in [-0.3, -0.25) is 9.36 Å². The van der Waals surface area contributed by atoms with E-state index in [-0.39, 0.29) is 23.3 Å². The molecule has 0 saturated carbocycles. The topological polar surface area (TPSA) is 58.1 Å². The predicted molar refractivity (Wildman–Crippen MR) is 112 cm³/mol. The molecule has 29 heavy (non-hydrogen) atoms. The molecule has 5 nitrogen and oxygen atoms in total. The summed E-state index contributed by atoms with van der Waals surface area (Å²) in [5.41, 5.74) is 3.08. The van der Waals surface area contributed by atoms with Crippen LogP contribution in [0, 0.1) is 12.7 Å². The number of aromatic nitrogens is 2. The predicted octanol–water partition coefficient (Wildman–Crippen LogP) is 4.08. The lowest BCUT2D eigenvalue weighted by Crippen LogP contribution is -2.37. The second-order valence-corrected chi connectivity index (χ2v) is 7.93. The van der Waals surface area contributed by atoms with Crippen molar-refractivity contribution in [2.45, 2.75) is 38.6 Å². The largest absolute Gasteiger partial charge is 0.326 e. The number of nitrogens with one attached hydrogen (secondary N) is 1. The van der Waals surface area contributed by atoms with E-state index in [1.54, 1.807) is 10.6 Å². The van der Waals surface area contributed by atoms with E-state index >= 15 is 0 Å². The number of ketones is 1. The molecule has 1 aromatic heterocycles. The molecule has 0 atom stereocenters. The van der Waals surface area contributed by atoms with Gasteiger partial charge >= 0.3 is 5.69 Å². The van der Waals surface area contributed by atoms with Crippen molar-refractivity contribution < 1.29 is 9.18 Å². The molecule has 1 saturated heterocycles. The van der Waals surface area contributed by atoms with Gasteiger partial charge in [-0.05, 0) is 50.9 Å². The van der Waals surface area contributed by atoms with Crippen molar-refractivity contribution >= 4 is 16.8 Å². The summed E-state index contributed by atoms with van der Waals surface area (Å²) in [6, 6.07) is 12.3. The van der Waals surface area contributed by atoms with E-state index in [0.717, 1.165) is 55.5 Å². The normalized spacial score (nSPS) is 15.8. The van der Waals surface area contributed by atoms with E-state index in [9.17, 15) is 14.0 Å². The first-order valence-electron chi connectivity index (χ1n) is 10.2. The maximum absolute atomic E-state index is 13.4. The molecule has 0 unspecified atom stereocenters. The fourth-order valence-corrected chi connectivity index (χ4v) is 4.21. The number of likely N-dealkylation sites (tertiary alicyclic amines) is 1. The number of hydrogen-bond acceptors (Lipinski definition) is 3. The average molecular weight is 395 g/mol. The molecule has 1 fully saturated rings. The summed E-state index contributed by atoms with van der Waals surface area (Å²) < 4.78 is 15.2. The van der Waals surface area contributed by atoms with Crippen LogP contribution in [0.3, 0.4) is 0 Å². The van der Waals surface area contributed by atoms with Gasteiger partial charge in [-0.15, -0.1) is 0 Å². The summed E-state index contributed by atoms with van der Waals surface area (Å²) in [4.78, 5) is 29.8. The highest BCUT2D eigenvalue weighted by atomic mass is 19.1. The molecule has 1 aliphatic heterocycles. The van der Waals surface area contributed by atoms with E-state index < -0.39 is 0 Å². The Kier molecular flexibility index (Phi) is 5.62. The van der Waals surface area contributed by atoms with Crippen LogP contribution in [0.15, 0.2) is 47.3 Å². The third-order valence-electron chi connectivity index (χ3n) is 5.85. The number of rotatable bonds is 6. The maximum atomic E-state index is 13.4. The van der Waals surface area contributed by atoms with Crippen LogP contribution in [-0.2, 0) is 0 Å². The highest BCUT2D eigenvalue weighted by Gasteiger charge is 2.23. The number of benzene rings is 2.